The number of carbonyl (C=O) groups excluding carboxylic acids is 6. The van der Waals surface area contributed by atoms with E-state index in [9.17, 15) is 63.6 Å². The minimum atomic E-state index is -0.418. The van der Waals surface area contributed by atoms with Gasteiger partial charge in [0.15, 0.2) is 34.7 Å². The zero-order valence-electron chi connectivity index (χ0n) is 58.9. The Morgan fingerprint density at radius 1 is 0.342 bits per heavy atom. The molecule has 12 rings (SSSR count). The average Bonchev–Trinajstić information content (AvgIpc) is 0.834. The number of H-pyrrole nitrogens is 3. The van der Waals surface area contributed by atoms with Crippen LogP contribution in [0.2, 0.25) is 15.1 Å². The topological polar surface area (TPSA) is 535 Å². The zero-order chi connectivity index (χ0) is 83.0. The van der Waals surface area contributed by atoms with E-state index in [-0.39, 0.29) is 175 Å². The third kappa shape index (κ3) is 29.0. The van der Waals surface area contributed by atoms with Crippen LogP contribution in [-0.4, -0.2) is 180 Å². The molecule has 0 aliphatic carbocycles. The van der Waals surface area contributed by atoms with E-state index in [1.54, 1.807) is 111 Å². The van der Waals surface area contributed by atoms with E-state index in [1.165, 1.54) is 62.4 Å². The number of para-hydroxylation sites is 2. The van der Waals surface area contributed by atoms with Crippen molar-refractivity contribution in [2.45, 2.75) is 20.8 Å². The number of carbonyl (C=O) groups is 6. The molecular formula is C70H59Br5Cl3N23O13. The van der Waals surface area contributed by atoms with Gasteiger partial charge in [0.2, 0.25) is 35.7 Å². The molecule has 0 atom stereocenters. The quantitative estimate of drug-likeness (QED) is 0.0250. The number of pyridine rings is 2. The Morgan fingerprint density at radius 3 is 1.00 bits per heavy atom. The first-order valence-electron chi connectivity index (χ1n) is 32.2. The molecule has 0 aliphatic heterocycles. The second-order valence-electron chi connectivity index (χ2n) is 22.3. The molecule has 0 saturated heterocycles. The summed E-state index contributed by atoms with van der Waals surface area (Å²) in [5.41, 5.74) is 0.994. The number of hydrogen-bond donors (Lipinski definition) is 13. The van der Waals surface area contributed by atoms with Crippen LogP contribution in [0.15, 0.2) is 189 Å². The number of phenols is 4. The molecule has 0 amide bonds. The molecule has 4 aromatic carbocycles. The van der Waals surface area contributed by atoms with E-state index in [0.717, 1.165) is 13.4 Å². The van der Waals surface area contributed by atoms with Crippen LogP contribution in [-0.2, 0) is 0 Å². The number of aromatic hydroxyl groups is 4. The number of aryl methyl sites for hydroxylation is 3. The minimum Gasteiger partial charge on any atom is -0.507 e. The van der Waals surface area contributed by atoms with Gasteiger partial charge in [-0.25, -0.2) is 29.9 Å². The first-order chi connectivity index (χ1) is 54.4. The van der Waals surface area contributed by atoms with Gasteiger partial charge >= 0.3 is 0 Å². The van der Waals surface area contributed by atoms with Gasteiger partial charge in [0.25, 0.3) is 16.7 Å². The molecule has 0 spiro atoms. The highest BCUT2D eigenvalue weighted by Gasteiger charge is 2.19. The number of halogens is 8. The fourth-order valence-corrected chi connectivity index (χ4v) is 10.6. The zero-order valence-corrected chi connectivity index (χ0v) is 69.1. The lowest BCUT2D eigenvalue weighted by Gasteiger charge is -2.07. The van der Waals surface area contributed by atoms with Crippen LogP contribution in [0.5, 0.6) is 23.0 Å². The van der Waals surface area contributed by atoms with E-state index in [4.69, 9.17) is 34.8 Å². The fraction of sp³-hybridized carbons (Fsp3) is 0.129. The van der Waals surface area contributed by atoms with Crippen LogP contribution < -0.4 is 48.6 Å². The molecule has 0 fully saturated rings. The molecule has 588 valence electrons. The van der Waals surface area contributed by atoms with Gasteiger partial charge in [-0.2, -0.15) is 0 Å². The Morgan fingerprint density at radius 2 is 0.649 bits per heavy atom. The molecule has 0 radical (unpaired) electrons. The van der Waals surface area contributed by atoms with Crippen LogP contribution >= 0.6 is 114 Å². The molecule has 8 heterocycles. The number of ketones is 6. The van der Waals surface area contributed by atoms with Crippen LogP contribution in [0.1, 0.15) is 79.5 Å². The summed E-state index contributed by atoms with van der Waals surface area (Å²) in [6.07, 6.45) is 12.6. The van der Waals surface area contributed by atoms with Crippen molar-refractivity contribution in [2.24, 2.45) is 0 Å². The number of benzene rings is 4. The minimum absolute atomic E-state index is 0.00923. The molecule has 0 bridgehead atoms. The Bertz CT molecular complexity index is 5550. The van der Waals surface area contributed by atoms with E-state index >= 15 is 0 Å². The molecule has 12 aromatic rings. The molecule has 114 heavy (non-hydrogen) atoms. The first-order valence-corrected chi connectivity index (χ1v) is 37.3. The number of nitrogens with one attached hydrogen (secondary N) is 9. The van der Waals surface area contributed by atoms with Crippen molar-refractivity contribution >= 4 is 185 Å². The van der Waals surface area contributed by atoms with Gasteiger partial charge in [0.05, 0.1) is 90.0 Å². The number of anilines is 6. The molecule has 0 aliphatic rings. The number of nitrogens with zero attached hydrogens (tertiary/aromatic N) is 14. The van der Waals surface area contributed by atoms with Crippen molar-refractivity contribution in [3.8, 4) is 23.0 Å². The van der Waals surface area contributed by atoms with E-state index in [0.29, 0.717) is 38.2 Å². The summed E-state index contributed by atoms with van der Waals surface area (Å²) in [6.45, 7) is 4.33. The molecule has 13 N–H and O–H groups in total. The first kappa shape index (κ1) is 89.3. The standard InChI is InChI=1S/C12H8Br2ClN3O2.C12H10BrClN4O3.C12H9BrClN3O2.C12H12N4O3.C11H9BrN4O.C11H11N5O2/c13-6-1-8(11(20)9(15)2-6)10(19)5-18-12-16-3-7(14)4-17-12;1-5-11(21)16-12(18-17-5)15-4-9(19)7-2-6(13)3-8(14)10(7)20;13-7-4-15-12(16-5-7)17-6-10(18)8-2-1-3-9(14)11(8)19;1-7-11(19)14-12(16-15-7)13-6-10(18)8-4-2-3-5-9(8)17;12-8-5-14-11(15-6-8)16-7-10(17)9-3-1-2-4-13-9;1-7-10(18)14-11(16-15-7)13-6-9(17)8-4-2-3-5-12-8/h1-4,20H,5H2,(H,16,17,18);2-3,20H,4H2,1H3,(H2,15,16,18,21);1-5,19H,6H2,(H,15,16,17);2-5,17H,6H2,1H3,(H2,13,14,16,19);1-6H,7H2,(H,14,15,16);2-5H,6H2,1H3,(H2,13,14,16,18). The van der Waals surface area contributed by atoms with E-state index in [1.807, 2.05) is 0 Å². The lowest BCUT2D eigenvalue weighted by molar-refractivity contribution is 0.0993. The third-order valence-corrected chi connectivity index (χ3v) is 17.0. The highest BCUT2D eigenvalue weighted by molar-refractivity contribution is 9.11. The molecule has 8 aromatic heterocycles. The second kappa shape index (κ2) is 45.0. The van der Waals surface area contributed by atoms with Crippen LogP contribution in [0, 0.1) is 20.8 Å². The van der Waals surface area contributed by atoms with Crippen molar-refractivity contribution in [3.05, 3.63) is 272 Å². The maximum absolute atomic E-state index is 12.1. The monoisotopic (exact) mass is 1930 g/mol. The van der Waals surface area contributed by atoms with E-state index in [2.05, 4.69) is 197 Å². The molecule has 0 unspecified atom stereocenters. The fourth-order valence-electron chi connectivity index (χ4n) is 8.22. The summed E-state index contributed by atoms with van der Waals surface area (Å²) in [5, 5.41) is 77.5. The summed E-state index contributed by atoms with van der Waals surface area (Å²) in [4.78, 5) is 144. The Labute approximate surface area is 700 Å². The van der Waals surface area contributed by atoms with Gasteiger partial charge in [0.1, 0.15) is 51.5 Å². The van der Waals surface area contributed by atoms with Gasteiger partial charge in [-0.3, -0.25) is 68.1 Å². The largest absolute Gasteiger partial charge is 0.507 e. The number of phenolic OH excluding ortho intramolecular Hbond substituents is 4. The van der Waals surface area contributed by atoms with Crippen molar-refractivity contribution in [3.63, 3.8) is 0 Å². The second-order valence-corrected chi connectivity index (χ2v) is 28.1. The number of aromatic amines is 3. The third-order valence-electron chi connectivity index (χ3n) is 14.0. The van der Waals surface area contributed by atoms with Crippen LogP contribution in [0.3, 0.4) is 0 Å². The molecule has 0 saturated carbocycles. The molecule has 44 heteroatoms. The Hall–Kier alpha value is -11.9. The number of hydrogen-bond acceptors (Lipinski definition) is 33. The average molecular weight is 1940 g/mol. The van der Waals surface area contributed by atoms with Crippen molar-refractivity contribution in [1.29, 1.82) is 0 Å². The summed E-state index contributed by atoms with van der Waals surface area (Å²) >= 11 is 33.4. The maximum atomic E-state index is 12.1. The number of rotatable bonds is 24. The van der Waals surface area contributed by atoms with Gasteiger partial charge in [-0.1, -0.05) is 97.0 Å². The van der Waals surface area contributed by atoms with Crippen molar-refractivity contribution < 1.29 is 49.2 Å². The lowest BCUT2D eigenvalue weighted by atomic mass is 10.1. The molecular weight excluding hydrogens is 1880 g/mol. The van der Waals surface area contributed by atoms with Gasteiger partial charge in [0, 0.05) is 58.5 Å². The Balaban J connectivity index is 0.000000190. The summed E-state index contributed by atoms with van der Waals surface area (Å²) in [6, 6.07) is 27.1. The maximum Gasteiger partial charge on any atom is 0.273 e. The predicted octanol–water partition coefficient (Wildman–Crippen LogP) is 11.0. The number of Topliss-reactive ketones (excluding diaryl/α,β-unsaturated/α-hetero) is 6. The highest BCUT2D eigenvalue weighted by atomic mass is 79.9. The highest BCUT2D eigenvalue weighted by Crippen LogP contribution is 2.33. The lowest BCUT2D eigenvalue weighted by Crippen LogP contribution is -2.21. The summed E-state index contributed by atoms with van der Waals surface area (Å²) < 4.78 is 3.46. The predicted molar refractivity (Wildman–Crippen MR) is 440 cm³/mol. The SMILES string of the molecule is Cc1nnc(NCC(=O)c2cc(Br)cc(Cl)c2O)[nH]c1=O.Cc1nnc(NCC(=O)c2ccccc2O)[nH]c1=O.Cc1nnc(NCC(=O)c2ccccn2)[nH]c1=O.O=C(CNc1ncc(Br)cn1)c1cc(Br)cc(Cl)c1O.O=C(CNc1ncc(Br)cn1)c1cccc(Cl)c1O.O=C(CNc1ncc(Br)cn1)c1ccccn1. The van der Waals surface area contributed by atoms with Gasteiger partial charge in [-0.15, -0.1) is 30.6 Å². The van der Waals surface area contributed by atoms with Gasteiger partial charge in [-0.05, 0) is 141 Å². The van der Waals surface area contributed by atoms with E-state index < -0.39 is 11.3 Å². The molecule has 36 nitrogen and oxygen atoms in total. The Kier molecular flexibility index (Phi) is 35.3. The van der Waals surface area contributed by atoms with Crippen LogP contribution in [0.4, 0.5) is 35.7 Å². The number of aromatic nitrogens is 17. The van der Waals surface area contributed by atoms with Gasteiger partial charge < -0.3 is 52.3 Å². The van der Waals surface area contributed by atoms with Crippen molar-refractivity contribution in [2.75, 3.05) is 71.2 Å². The normalized spacial score (nSPS) is 10.2. The smallest absolute Gasteiger partial charge is 0.273 e. The van der Waals surface area contributed by atoms with Crippen LogP contribution in [0.25, 0.3) is 0 Å². The summed E-state index contributed by atoms with van der Waals surface area (Å²) in [5.74, 6) is -1.08. The van der Waals surface area contributed by atoms with Crippen molar-refractivity contribution in [1.82, 2.24) is 85.4 Å². The summed E-state index contributed by atoms with van der Waals surface area (Å²) in [7, 11) is 0.